The van der Waals surface area contributed by atoms with Gasteiger partial charge in [-0.25, -0.2) is 4.98 Å². The lowest BCUT2D eigenvalue weighted by Crippen LogP contribution is -2.58. The van der Waals surface area contributed by atoms with Crippen LogP contribution in [0.15, 0.2) is 42.7 Å². The molecule has 156 valence electrons. The summed E-state index contributed by atoms with van der Waals surface area (Å²) in [4.78, 5) is 19.9. The molecule has 3 atom stereocenters. The van der Waals surface area contributed by atoms with Crippen molar-refractivity contribution in [3.05, 3.63) is 54.1 Å². The summed E-state index contributed by atoms with van der Waals surface area (Å²) in [6.07, 6.45) is 8.93. The number of aryl methyl sites for hydroxylation is 1. The molecule has 5 nitrogen and oxygen atoms in total. The largest absolute Gasteiger partial charge is 0.338 e. The molecule has 0 bridgehead atoms. The number of nitrogens with one attached hydrogen (secondary N) is 1. The summed E-state index contributed by atoms with van der Waals surface area (Å²) in [6, 6.07) is 11.5. The fourth-order valence-corrected chi connectivity index (χ4v) is 5.20. The molecule has 2 fully saturated rings. The number of piperidine rings is 1. The number of rotatable bonds is 5. The van der Waals surface area contributed by atoms with Gasteiger partial charge in [0, 0.05) is 55.8 Å². The molecular weight excluding hydrogens is 360 g/mol. The molecule has 1 amide bonds. The fraction of sp³-hybridized carbons (Fsp3) is 0.583. The maximum atomic E-state index is 13.2. The van der Waals surface area contributed by atoms with Gasteiger partial charge in [0.15, 0.2) is 0 Å². The number of carbonyl (C=O) groups is 1. The smallest absolute Gasteiger partial charge is 0.224 e. The molecule has 0 saturated carbocycles. The number of carbonyl (C=O) groups excluding carboxylic acids is 1. The van der Waals surface area contributed by atoms with Crippen LogP contribution in [-0.2, 0) is 11.3 Å². The number of benzene rings is 1. The normalized spacial score (nSPS) is 24.9. The standard InChI is InChI=1S/C24H34N4O/c1-18(2)24-26-14-17-27(24)15-12-22(29)28-16-11-20(19-8-4-3-5-9-19)23-21(28)10-6-7-13-25-23/h3-5,8-9,14,17-18,20-21,23,25H,6-7,10-13,15-16H2,1-2H3/t20-,21-,23-/m1/s1. The molecule has 2 aliphatic heterocycles. The summed E-state index contributed by atoms with van der Waals surface area (Å²) in [6.45, 7) is 6.94. The first-order chi connectivity index (χ1) is 14.1. The van der Waals surface area contributed by atoms with Crippen LogP contribution in [0, 0.1) is 0 Å². The lowest BCUT2D eigenvalue weighted by molar-refractivity contribution is -0.136. The lowest BCUT2D eigenvalue weighted by atomic mass is 9.79. The van der Waals surface area contributed by atoms with Crippen LogP contribution < -0.4 is 5.32 Å². The van der Waals surface area contributed by atoms with E-state index >= 15 is 0 Å². The van der Waals surface area contributed by atoms with E-state index in [0.717, 1.165) is 38.3 Å². The predicted molar refractivity (Wildman–Crippen MR) is 116 cm³/mol. The molecule has 4 rings (SSSR count). The zero-order valence-corrected chi connectivity index (χ0v) is 17.8. The third kappa shape index (κ3) is 4.40. The summed E-state index contributed by atoms with van der Waals surface area (Å²) in [5.41, 5.74) is 1.41. The van der Waals surface area contributed by atoms with E-state index in [1.165, 1.54) is 18.4 Å². The number of nitrogens with zero attached hydrogens (tertiary/aromatic N) is 3. The predicted octanol–water partition coefficient (Wildman–Crippen LogP) is 3.92. The van der Waals surface area contributed by atoms with Crippen LogP contribution in [0.25, 0.3) is 0 Å². The molecule has 2 aliphatic rings. The average molecular weight is 395 g/mol. The molecular formula is C24H34N4O. The van der Waals surface area contributed by atoms with Crippen molar-refractivity contribution in [1.82, 2.24) is 19.8 Å². The van der Waals surface area contributed by atoms with E-state index in [0.29, 0.717) is 36.2 Å². The molecule has 5 heteroatoms. The second-order valence-corrected chi connectivity index (χ2v) is 8.82. The monoisotopic (exact) mass is 394 g/mol. The van der Waals surface area contributed by atoms with Crippen molar-refractivity contribution in [3.8, 4) is 0 Å². The van der Waals surface area contributed by atoms with Gasteiger partial charge >= 0.3 is 0 Å². The number of aromatic nitrogens is 2. The molecule has 0 radical (unpaired) electrons. The number of fused-ring (bicyclic) bond motifs is 1. The van der Waals surface area contributed by atoms with Gasteiger partial charge in [-0.1, -0.05) is 50.6 Å². The van der Waals surface area contributed by atoms with Gasteiger partial charge in [-0.15, -0.1) is 0 Å². The second kappa shape index (κ2) is 9.12. The Kier molecular flexibility index (Phi) is 6.34. The highest BCUT2D eigenvalue weighted by molar-refractivity contribution is 5.76. The Labute approximate surface area is 174 Å². The van der Waals surface area contributed by atoms with Crippen molar-refractivity contribution in [3.63, 3.8) is 0 Å². The number of amides is 1. The quantitative estimate of drug-likeness (QED) is 0.836. The zero-order valence-electron chi connectivity index (χ0n) is 17.8. The highest BCUT2D eigenvalue weighted by Gasteiger charge is 2.40. The maximum absolute atomic E-state index is 13.2. The fourth-order valence-electron chi connectivity index (χ4n) is 5.20. The van der Waals surface area contributed by atoms with Gasteiger partial charge in [0.25, 0.3) is 0 Å². The number of hydrogen-bond acceptors (Lipinski definition) is 3. The topological polar surface area (TPSA) is 50.2 Å². The van der Waals surface area contributed by atoms with E-state index in [-0.39, 0.29) is 0 Å². The van der Waals surface area contributed by atoms with Gasteiger partial charge in [-0.2, -0.15) is 0 Å². The molecule has 0 aliphatic carbocycles. The zero-order chi connectivity index (χ0) is 20.2. The van der Waals surface area contributed by atoms with Gasteiger partial charge in [-0.05, 0) is 31.4 Å². The Hall–Kier alpha value is -2.14. The molecule has 0 spiro atoms. The van der Waals surface area contributed by atoms with Crippen LogP contribution in [0.3, 0.4) is 0 Å². The first-order valence-electron chi connectivity index (χ1n) is 11.2. The van der Waals surface area contributed by atoms with Crippen LogP contribution in [0.5, 0.6) is 0 Å². The van der Waals surface area contributed by atoms with E-state index in [1.807, 2.05) is 12.4 Å². The van der Waals surface area contributed by atoms with Crippen molar-refractivity contribution in [2.75, 3.05) is 13.1 Å². The van der Waals surface area contributed by atoms with Crippen LogP contribution in [0.4, 0.5) is 0 Å². The molecule has 1 N–H and O–H groups in total. The van der Waals surface area contributed by atoms with Crippen molar-refractivity contribution in [2.45, 2.75) is 76.4 Å². The minimum absolute atomic E-state index is 0.290. The molecule has 3 heterocycles. The van der Waals surface area contributed by atoms with E-state index in [4.69, 9.17) is 0 Å². The average Bonchev–Trinajstić information content (AvgIpc) is 3.08. The molecule has 1 aromatic carbocycles. The molecule has 1 aromatic heterocycles. The number of hydrogen-bond donors (Lipinski definition) is 1. The number of likely N-dealkylation sites (tertiary alicyclic amines) is 1. The van der Waals surface area contributed by atoms with Gasteiger partial charge < -0.3 is 14.8 Å². The SMILES string of the molecule is CC(C)c1nccn1CCC(=O)N1CC[C@H](c2ccccc2)[C@H]2NCCCC[C@H]21. The Bertz CT molecular complexity index is 800. The van der Waals surface area contributed by atoms with Crippen molar-refractivity contribution >= 4 is 5.91 Å². The Morgan fingerprint density at radius 2 is 2.03 bits per heavy atom. The van der Waals surface area contributed by atoms with E-state index in [2.05, 4.69) is 63.9 Å². The molecule has 2 aromatic rings. The van der Waals surface area contributed by atoms with Crippen molar-refractivity contribution < 1.29 is 4.79 Å². The minimum atomic E-state index is 0.290. The lowest BCUT2D eigenvalue weighted by Gasteiger charge is -2.45. The van der Waals surface area contributed by atoms with Crippen LogP contribution in [0.2, 0.25) is 0 Å². The van der Waals surface area contributed by atoms with Gasteiger partial charge in [0.1, 0.15) is 5.82 Å². The van der Waals surface area contributed by atoms with E-state index < -0.39 is 0 Å². The third-order valence-corrected chi connectivity index (χ3v) is 6.61. The molecule has 29 heavy (non-hydrogen) atoms. The van der Waals surface area contributed by atoms with E-state index in [9.17, 15) is 4.79 Å². The Balaban J connectivity index is 1.47. The maximum Gasteiger partial charge on any atom is 0.224 e. The van der Waals surface area contributed by atoms with Crippen LogP contribution >= 0.6 is 0 Å². The Morgan fingerprint density at radius 1 is 1.21 bits per heavy atom. The highest BCUT2D eigenvalue weighted by Crippen LogP contribution is 2.35. The highest BCUT2D eigenvalue weighted by atomic mass is 16.2. The molecule has 0 unspecified atom stereocenters. The minimum Gasteiger partial charge on any atom is -0.338 e. The first kappa shape index (κ1) is 20.1. The first-order valence-corrected chi connectivity index (χ1v) is 11.2. The second-order valence-electron chi connectivity index (χ2n) is 8.82. The van der Waals surface area contributed by atoms with Crippen LogP contribution in [0.1, 0.15) is 69.2 Å². The molecule has 2 saturated heterocycles. The van der Waals surface area contributed by atoms with Crippen LogP contribution in [-0.4, -0.2) is 45.5 Å². The Morgan fingerprint density at radius 3 is 2.83 bits per heavy atom. The van der Waals surface area contributed by atoms with Crippen molar-refractivity contribution in [2.24, 2.45) is 0 Å². The summed E-state index contributed by atoms with van der Waals surface area (Å²) in [5.74, 6) is 2.22. The van der Waals surface area contributed by atoms with Gasteiger partial charge in [0.2, 0.25) is 5.91 Å². The summed E-state index contributed by atoms with van der Waals surface area (Å²) in [5, 5.41) is 3.80. The van der Waals surface area contributed by atoms with E-state index in [1.54, 1.807) is 0 Å². The summed E-state index contributed by atoms with van der Waals surface area (Å²) >= 11 is 0. The summed E-state index contributed by atoms with van der Waals surface area (Å²) in [7, 11) is 0. The van der Waals surface area contributed by atoms with Gasteiger partial charge in [-0.3, -0.25) is 4.79 Å². The van der Waals surface area contributed by atoms with Crippen molar-refractivity contribution in [1.29, 1.82) is 0 Å². The summed E-state index contributed by atoms with van der Waals surface area (Å²) < 4.78 is 2.14. The van der Waals surface area contributed by atoms with Gasteiger partial charge in [0.05, 0.1) is 0 Å². The third-order valence-electron chi connectivity index (χ3n) is 6.61. The number of imidazole rings is 1.